The average molecular weight is 201 g/mol. The van der Waals surface area contributed by atoms with E-state index >= 15 is 0 Å². The van der Waals surface area contributed by atoms with Crippen molar-refractivity contribution in [2.45, 2.75) is 57.8 Å². The fourth-order valence-electron chi connectivity index (χ4n) is 2.51. The highest BCUT2D eigenvalue weighted by atomic mass is 16.5. The summed E-state index contributed by atoms with van der Waals surface area (Å²) in [6.45, 7) is 2.22. The fraction of sp³-hybridized carbons (Fsp3) is 1.00. The quantitative estimate of drug-likeness (QED) is 0.599. The van der Waals surface area contributed by atoms with Gasteiger partial charge in [-0.25, -0.2) is 0 Å². The molecule has 0 heterocycles. The molecule has 3 heteroatoms. The second-order valence-electron chi connectivity index (χ2n) is 4.56. The summed E-state index contributed by atoms with van der Waals surface area (Å²) >= 11 is 0. The molecule has 0 saturated heterocycles. The van der Waals surface area contributed by atoms with Crippen molar-refractivity contribution in [2.24, 2.45) is 17.6 Å². The summed E-state index contributed by atoms with van der Waals surface area (Å²) < 4.78 is 0. The lowest BCUT2D eigenvalue weighted by Crippen LogP contribution is -2.42. The number of hydrogen-bond acceptors (Lipinski definition) is 3. The van der Waals surface area contributed by atoms with E-state index in [0.29, 0.717) is 5.92 Å². The molecular formula is C11H23NO2. The van der Waals surface area contributed by atoms with E-state index in [2.05, 4.69) is 6.92 Å². The van der Waals surface area contributed by atoms with Gasteiger partial charge in [0.05, 0.1) is 6.04 Å². The normalized spacial score (nSPS) is 30.6. The first-order valence-corrected chi connectivity index (χ1v) is 5.76. The zero-order valence-corrected chi connectivity index (χ0v) is 9.02. The molecule has 1 saturated carbocycles. The molecule has 1 atom stereocenters. The van der Waals surface area contributed by atoms with Gasteiger partial charge in [0.2, 0.25) is 0 Å². The monoisotopic (exact) mass is 201 g/mol. The molecule has 0 aliphatic heterocycles. The summed E-state index contributed by atoms with van der Waals surface area (Å²) in [5.74, 6) is 1.15. The largest absolute Gasteiger partial charge is 0.367 e. The topological polar surface area (TPSA) is 66.5 Å². The lowest BCUT2D eigenvalue weighted by molar-refractivity contribution is -0.0753. The summed E-state index contributed by atoms with van der Waals surface area (Å²) in [6.07, 6.45) is 5.75. The lowest BCUT2D eigenvalue weighted by atomic mass is 9.77. The van der Waals surface area contributed by atoms with Crippen LogP contribution in [0.25, 0.3) is 0 Å². The Labute approximate surface area is 86.3 Å². The third-order valence-electron chi connectivity index (χ3n) is 3.48. The van der Waals surface area contributed by atoms with E-state index in [0.717, 1.165) is 18.8 Å². The number of aliphatic hydroxyl groups is 2. The highest BCUT2D eigenvalue weighted by molar-refractivity contribution is 4.80. The van der Waals surface area contributed by atoms with E-state index in [1.54, 1.807) is 0 Å². The highest BCUT2D eigenvalue weighted by Gasteiger charge is 2.28. The molecule has 0 aromatic carbocycles. The number of aliphatic hydroxyl groups excluding tert-OH is 1. The first-order valence-electron chi connectivity index (χ1n) is 5.76. The predicted molar refractivity (Wildman–Crippen MR) is 56.6 cm³/mol. The Morgan fingerprint density at radius 3 is 2.21 bits per heavy atom. The molecule has 0 aromatic heterocycles. The highest BCUT2D eigenvalue weighted by Crippen LogP contribution is 2.33. The number of rotatable bonds is 4. The zero-order valence-electron chi connectivity index (χ0n) is 9.02. The third kappa shape index (κ3) is 3.23. The van der Waals surface area contributed by atoms with Crippen LogP contribution in [0.5, 0.6) is 0 Å². The molecule has 0 bridgehead atoms. The lowest BCUT2D eigenvalue weighted by Gasteiger charge is -2.32. The Hall–Kier alpha value is -0.120. The van der Waals surface area contributed by atoms with E-state index in [9.17, 15) is 0 Å². The van der Waals surface area contributed by atoms with Crippen LogP contribution >= 0.6 is 0 Å². The Morgan fingerprint density at radius 1 is 1.21 bits per heavy atom. The summed E-state index contributed by atoms with van der Waals surface area (Å²) in [7, 11) is 0. The fourth-order valence-corrected chi connectivity index (χ4v) is 2.51. The molecule has 1 unspecified atom stereocenters. The first kappa shape index (κ1) is 12.0. The van der Waals surface area contributed by atoms with Crippen LogP contribution in [0.4, 0.5) is 0 Å². The van der Waals surface area contributed by atoms with E-state index < -0.39 is 12.3 Å². The Kier molecular flexibility index (Phi) is 4.85. The van der Waals surface area contributed by atoms with Crippen molar-refractivity contribution in [1.82, 2.24) is 0 Å². The van der Waals surface area contributed by atoms with Gasteiger partial charge in [-0.15, -0.1) is 0 Å². The minimum absolute atomic E-state index is 0.308. The Bertz CT molecular complexity index is 153. The van der Waals surface area contributed by atoms with Gasteiger partial charge in [-0.2, -0.15) is 0 Å². The second kappa shape index (κ2) is 5.69. The van der Waals surface area contributed by atoms with Crippen molar-refractivity contribution < 1.29 is 10.2 Å². The molecule has 0 spiro atoms. The van der Waals surface area contributed by atoms with Crippen LogP contribution in [0.1, 0.15) is 45.4 Å². The van der Waals surface area contributed by atoms with Gasteiger partial charge < -0.3 is 15.9 Å². The van der Waals surface area contributed by atoms with Gasteiger partial charge in [0.1, 0.15) is 0 Å². The predicted octanol–water partition coefficient (Wildman–Crippen LogP) is 1.23. The Balaban J connectivity index is 2.28. The van der Waals surface area contributed by atoms with Crippen LogP contribution in [0, 0.1) is 11.8 Å². The van der Waals surface area contributed by atoms with E-state index in [-0.39, 0.29) is 0 Å². The van der Waals surface area contributed by atoms with Gasteiger partial charge in [0.15, 0.2) is 6.29 Å². The van der Waals surface area contributed by atoms with Crippen molar-refractivity contribution in [3.8, 4) is 0 Å². The van der Waals surface area contributed by atoms with Crippen molar-refractivity contribution in [3.63, 3.8) is 0 Å². The van der Waals surface area contributed by atoms with Gasteiger partial charge >= 0.3 is 0 Å². The molecule has 0 aromatic rings. The minimum atomic E-state index is -1.34. The standard InChI is InChI=1S/C11H23NO2/c1-2-3-8-4-6-9(7-5-8)10(12)11(13)14/h8-11,13-14H,2-7,12H2,1H3. The van der Waals surface area contributed by atoms with Crippen molar-refractivity contribution in [1.29, 1.82) is 0 Å². The van der Waals surface area contributed by atoms with E-state index in [1.165, 1.54) is 25.7 Å². The van der Waals surface area contributed by atoms with E-state index in [1.807, 2.05) is 0 Å². The van der Waals surface area contributed by atoms with Crippen LogP contribution in [0.15, 0.2) is 0 Å². The van der Waals surface area contributed by atoms with Crippen LogP contribution in [0.2, 0.25) is 0 Å². The van der Waals surface area contributed by atoms with Crippen molar-refractivity contribution in [3.05, 3.63) is 0 Å². The maximum atomic E-state index is 8.97. The smallest absolute Gasteiger partial charge is 0.167 e. The number of nitrogens with two attached hydrogens (primary N) is 1. The molecule has 1 fully saturated rings. The van der Waals surface area contributed by atoms with Gasteiger partial charge in [0.25, 0.3) is 0 Å². The molecule has 0 amide bonds. The van der Waals surface area contributed by atoms with Crippen LogP contribution < -0.4 is 5.73 Å². The summed E-state index contributed by atoms with van der Waals surface area (Å²) in [4.78, 5) is 0. The molecular weight excluding hydrogens is 178 g/mol. The Morgan fingerprint density at radius 2 is 1.79 bits per heavy atom. The first-order chi connectivity index (χ1) is 6.65. The molecule has 4 N–H and O–H groups in total. The molecule has 1 aliphatic rings. The van der Waals surface area contributed by atoms with Crippen molar-refractivity contribution in [2.75, 3.05) is 0 Å². The molecule has 1 rings (SSSR count). The van der Waals surface area contributed by atoms with E-state index in [4.69, 9.17) is 15.9 Å². The average Bonchev–Trinajstić information content (AvgIpc) is 2.18. The van der Waals surface area contributed by atoms with Gasteiger partial charge in [0, 0.05) is 0 Å². The third-order valence-corrected chi connectivity index (χ3v) is 3.48. The van der Waals surface area contributed by atoms with Crippen LogP contribution in [-0.2, 0) is 0 Å². The maximum absolute atomic E-state index is 8.97. The molecule has 3 nitrogen and oxygen atoms in total. The van der Waals surface area contributed by atoms with Gasteiger partial charge in [-0.3, -0.25) is 0 Å². The number of hydrogen-bond donors (Lipinski definition) is 3. The molecule has 84 valence electrons. The SMILES string of the molecule is CCCC1CCC(C(N)C(O)O)CC1. The zero-order chi connectivity index (χ0) is 10.6. The molecule has 0 radical (unpaired) electrons. The second-order valence-corrected chi connectivity index (χ2v) is 4.56. The molecule has 1 aliphatic carbocycles. The summed E-state index contributed by atoms with van der Waals surface area (Å²) in [5.41, 5.74) is 5.71. The van der Waals surface area contributed by atoms with Crippen LogP contribution in [-0.4, -0.2) is 22.5 Å². The summed E-state index contributed by atoms with van der Waals surface area (Å²) in [5, 5.41) is 17.9. The summed E-state index contributed by atoms with van der Waals surface area (Å²) in [6, 6.07) is -0.447. The van der Waals surface area contributed by atoms with Gasteiger partial charge in [-0.1, -0.05) is 32.6 Å². The molecule has 14 heavy (non-hydrogen) atoms. The van der Waals surface area contributed by atoms with Gasteiger partial charge in [-0.05, 0) is 24.7 Å². The van der Waals surface area contributed by atoms with Crippen molar-refractivity contribution >= 4 is 0 Å². The minimum Gasteiger partial charge on any atom is -0.367 e. The van der Waals surface area contributed by atoms with Crippen LogP contribution in [0.3, 0.4) is 0 Å². The maximum Gasteiger partial charge on any atom is 0.167 e.